The third-order valence-corrected chi connectivity index (χ3v) is 8.68. The number of hydrogen-bond acceptors (Lipinski definition) is 6. The third kappa shape index (κ3) is 2.51. The fourth-order valence-corrected chi connectivity index (χ4v) is 5.91. The molecule has 0 bridgehead atoms. The molecule has 0 aliphatic heterocycles. The van der Waals surface area contributed by atoms with Gasteiger partial charge in [-0.1, -0.05) is 0 Å². The normalized spacial score (nSPS) is 13.0. The Labute approximate surface area is 208 Å². The van der Waals surface area contributed by atoms with Crippen molar-refractivity contribution in [3.63, 3.8) is 0 Å². The second-order valence-corrected chi connectivity index (χ2v) is 10.1. The van der Waals surface area contributed by atoms with Crippen molar-refractivity contribution in [2.45, 2.75) is 55.4 Å². The van der Waals surface area contributed by atoms with Crippen LogP contribution in [0.25, 0.3) is 21.5 Å². The highest BCUT2D eigenvalue weighted by atomic mass is 16.3. The lowest BCUT2D eigenvalue weighted by molar-refractivity contribution is 0.0973. The number of ketones is 2. The van der Waals surface area contributed by atoms with Gasteiger partial charge in [0.15, 0.2) is 11.6 Å². The van der Waals surface area contributed by atoms with E-state index in [-0.39, 0.29) is 44.5 Å². The van der Waals surface area contributed by atoms with Crippen LogP contribution in [0.2, 0.25) is 0 Å². The first kappa shape index (κ1) is 23.7. The van der Waals surface area contributed by atoms with Crippen molar-refractivity contribution in [2.24, 2.45) is 0 Å². The minimum Gasteiger partial charge on any atom is -0.506 e. The minimum absolute atomic E-state index is 0.185. The lowest BCUT2D eigenvalue weighted by Gasteiger charge is -2.27. The van der Waals surface area contributed by atoms with Crippen molar-refractivity contribution >= 4 is 33.1 Å². The molecule has 0 amide bonds. The largest absolute Gasteiger partial charge is 0.506 e. The summed E-state index contributed by atoms with van der Waals surface area (Å²) in [6.07, 6.45) is 0. The van der Waals surface area contributed by atoms with E-state index in [0.29, 0.717) is 33.0 Å². The maximum absolute atomic E-state index is 13.8. The number of hydrogen-bond donors (Lipinski definition) is 4. The molecule has 0 unspecified atom stereocenters. The van der Waals surface area contributed by atoms with E-state index in [1.807, 2.05) is 27.7 Å². The SMILES string of the molecule is Cc1c(C)c(C)c2c(c1C)C(=O)c1c(c(O)c3c(O)c4c(C)c(C)c(C)c(C)c4c(O)c3c1O)C2=O. The van der Waals surface area contributed by atoms with Crippen molar-refractivity contribution in [3.05, 3.63) is 66.8 Å². The van der Waals surface area contributed by atoms with Crippen molar-refractivity contribution in [1.82, 2.24) is 0 Å². The summed E-state index contributed by atoms with van der Waals surface area (Å²) in [5, 5.41) is 45.8. The zero-order valence-corrected chi connectivity index (χ0v) is 21.6. The van der Waals surface area contributed by atoms with Crippen molar-refractivity contribution < 1.29 is 30.0 Å². The minimum atomic E-state index is -0.637. The van der Waals surface area contributed by atoms with Crippen LogP contribution in [-0.4, -0.2) is 32.0 Å². The van der Waals surface area contributed by atoms with E-state index in [0.717, 1.165) is 22.3 Å². The van der Waals surface area contributed by atoms with Gasteiger partial charge in [0.25, 0.3) is 0 Å². The summed E-state index contributed by atoms with van der Waals surface area (Å²) in [4.78, 5) is 27.6. The van der Waals surface area contributed by atoms with E-state index in [1.54, 1.807) is 27.7 Å². The quantitative estimate of drug-likeness (QED) is 0.157. The van der Waals surface area contributed by atoms with E-state index < -0.39 is 23.1 Å². The Balaban J connectivity index is 2.06. The summed E-state index contributed by atoms with van der Waals surface area (Å²) in [5.41, 5.74) is 5.84. The molecule has 0 heterocycles. The molecule has 4 aromatic rings. The van der Waals surface area contributed by atoms with Crippen molar-refractivity contribution in [3.8, 4) is 23.0 Å². The van der Waals surface area contributed by atoms with Gasteiger partial charge in [0.2, 0.25) is 0 Å². The highest BCUT2D eigenvalue weighted by Crippen LogP contribution is 2.55. The predicted octanol–water partition coefficient (Wildman–Crippen LogP) is 6.06. The fraction of sp³-hybridized carbons (Fsp3) is 0.267. The Morgan fingerprint density at radius 3 is 0.917 bits per heavy atom. The number of phenols is 4. The van der Waals surface area contributed by atoms with Gasteiger partial charge in [0.05, 0.1) is 21.9 Å². The molecular formula is C30H28O6. The number of benzene rings is 4. The molecule has 184 valence electrons. The van der Waals surface area contributed by atoms with Crippen LogP contribution >= 0.6 is 0 Å². The highest BCUT2D eigenvalue weighted by molar-refractivity contribution is 6.35. The van der Waals surface area contributed by atoms with E-state index in [2.05, 4.69) is 0 Å². The first-order chi connectivity index (χ1) is 16.7. The summed E-state index contributed by atoms with van der Waals surface area (Å²) in [5.74, 6) is -3.22. The molecule has 1 aliphatic rings. The molecule has 0 aromatic heterocycles. The smallest absolute Gasteiger partial charge is 0.198 e. The zero-order chi connectivity index (χ0) is 26.7. The third-order valence-electron chi connectivity index (χ3n) is 8.68. The van der Waals surface area contributed by atoms with Gasteiger partial charge in [-0.05, 0) is 99.9 Å². The molecule has 6 heteroatoms. The van der Waals surface area contributed by atoms with E-state index in [9.17, 15) is 30.0 Å². The zero-order valence-electron chi connectivity index (χ0n) is 21.6. The molecule has 0 saturated carbocycles. The predicted molar refractivity (Wildman–Crippen MR) is 139 cm³/mol. The summed E-state index contributed by atoms with van der Waals surface area (Å²) in [6.45, 7) is 14.6. The molecule has 0 spiro atoms. The second-order valence-electron chi connectivity index (χ2n) is 10.1. The number of carbonyl (C=O) groups excluding carboxylic acids is 2. The van der Waals surface area contributed by atoms with Crippen LogP contribution in [-0.2, 0) is 0 Å². The highest BCUT2D eigenvalue weighted by Gasteiger charge is 2.40. The maximum Gasteiger partial charge on any atom is 0.198 e. The van der Waals surface area contributed by atoms with Crippen molar-refractivity contribution in [2.75, 3.05) is 0 Å². The molecule has 0 radical (unpaired) electrons. The molecular weight excluding hydrogens is 456 g/mol. The number of aryl methyl sites for hydroxylation is 2. The van der Waals surface area contributed by atoms with Crippen molar-refractivity contribution in [1.29, 1.82) is 0 Å². The van der Waals surface area contributed by atoms with Crippen LogP contribution < -0.4 is 0 Å². The van der Waals surface area contributed by atoms with E-state index >= 15 is 0 Å². The molecule has 1 aliphatic carbocycles. The fourth-order valence-electron chi connectivity index (χ4n) is 5.91. The summed E-state index contributed by atoms with van der Waals surface area (Å²) < 4.78 is 0. The molecule has 5 rings (SSSR count). The Kier molecular flexibility index (Phi) is 4.75. The lowest BCUT2D eigenvalue weighted by atomic mass is 9.75. The summed E-state index contributed by atoms with van der Waals surface area (Å²) in [7, 11) is 0. The number of aromatic hydroxyl groups is 4. The van der Waals surface area contributed by atoms with Gasteiger partial charge in [-0.3, -0.25) is 9.59 Å². The maximum atomic E-state index is 13.8. The van der Waals surface area contributed by atoms with Gasteiger partial charge in [-0.15, -0.1) is 0 Å². The first-order valence-electron chi connectivity index (χ1n) is 11.8. The van der Waals surface area contributed by atoms with Gasteiger partial charge in [0, 0.05) is 21.9 Å². The van der Waals surface area contributed by atoms with Crippen LogP contribution in [0, 0.1) is 55.4 Å². The van der Waals surface area contributed by atoms with Gasteiger partial charge >= 0.3 is 0 Å². The lowest BCUT2D eigenvalue weighted by Crippen LogP contribution is -2.25. The van der Waals surface area contributed by atoms with Crippen LogP contribution in [0.4, 0.5) is 0 Å². The van der Waals surface area contributed by atoms with Gasteiger partial charge < -0.3 is 20.4 Å². The van der Waals surface area contributed by atoms with Crippen LogP contribution in [0.15, 0.2) is 0 Å². The van der Waals surface area contributed by atoms with Crippen LogP contribution in [0.1, 0.15) is 76.4 Å². The average Bonchev–Trinajstić information content (AvgIpc) is 2.83. The number of carbonyl (C=O) groups is 2. The number of phenolic OH excluding ortho intramolecular Hbond substituents is 4. The molecule has 0 atom stereocenters. The molecule has 4 aromatic carbocycles. The Morgan fingerprint density at radius 1 is 0.333 bits per heavy atom. The summed E-state index contributed by atoms with van der Waals surface area (Å²) in [6, 6.07) is 0. The molecule has 4 N–H and O–H groups in total. The Morgan fingerprint density at radius 2 is 0.611 bits per heavy atom. The second kappa shape index (κ2) is 7.23. The Hall–Kier alpha value is -4.06. The summed E-state index contributed by atoms with van der Waals surface area (Å²) >= 11 is 0. The van der Waals surface area contributed by atoms with E-state index in [4.69, 9.17) is 0 Å². The topological polar surface area (TPSA) is 115 Å². The van der Waals surface area contributed by atoms with Gasteiger partial charge in [0.1, 0.15) is 23.0 Å². The molecule has 36 heavy (non-hydrogen) atoms. The molecule has 0 fully saturated rings. The van der Waals surface area contributed by atoms with Gasteiger partial charge in [-0.2, -0.15) is 0 Å². The first-order valence-corrected chi connectivity index (χ1v) is 11.8. The standard InChI is InChI=1S/C30H28O6/c1-9-10(2)14(6)18-17(13(9)5)25(31)21-22(26(18)32)30(36)24-23(29(21)35)27(33)19-15(7)11(3)12(4)16(8)20(19)28(24)34/h31-32,35-36H,1-8H3. The monoisotopic (exact) mass is 484 g/mol. The molecule has 6 nitrogen and oxygen atoms in total. The number of rotatable bonds is 0. The van der Waals surface area contributed by atoms with Crippen LogP contribution in [0.5, 0.6) is 23.0 Å². The Bertz CT molecular complexity index is 1640. The molecule has 0 saturated heterocycles. The number of fused-ring (bicyclic) bond motifs is 4. The van der Waals surface area contributed by atoms with Gasteiger partial charge in [-0.25, -0.2) is 0 Å². The average molecular weight is 485 g/mol. The van der Waals surface area contributed by atoms with Crippen LogP contribution in [0.3, 0.4) is 0 Å². The van der Waals surface area contributed by atoms with E-state index in [1.165, 1.54) is 0 Å².